The molecule has 1 heterocycles. The van der Waals surface area contributed by atoms with Crippen LogP contribution in [0.3, 0.4) is 0 Å². The van der Waals surface area contributed by atoms with Crippen LogP contribution in [0.2, 0.25) is 0 Å². The zero-order valence-corrected chi connectivity index (χ0v) is 9.31. The molecule has 0 aliphatic heterocycles. The van der Waals surface area contributed by atoms with Gasteiger partial charge < -0.3 is 9.47 Å². The van der Waals surface area contributed by atoms with Crippen LogP contribution in [0.25, 0.3) is 11.3 Å². The smallest absolute Gasteiger partial charge is 0.137 e. The fourth-order valence-electron chi connectivity index (χ4n) is 1.43. The Morgan fingerprint density at radius 2 is 1.44 bits per heavy atom. The minimum atomic E-state index is 0.761. The average molecular weight is 215 g/mol. The van der Waals surface area contributed by atoms with Crippen molar-refractivity contribution in [3.05, 3.63) is 42.6 Å². The molecule has 82 valence electrons. The second kappa shape index (κ2) is 4.66. The van der Waals surface area contributed by atoms with Crippen molar-refractivity contribution in [1.29, 1.82) is 0 Å². The van der Waals surface area contributed by atoms with Crippen molar-refractivity contribution in [2.45, 2.75) is 0 Å². The number of nitrogens with zero attached hydrogens (tertiary/aromatic N) is 1. The van der Waals surface area contributed by atoms with Crippen molar-refractivity contribution in [3.63, 3.8) is 0 Å². The lowest BCUT2D eigenvalue weighted by Crippen LogP contribution is -1.87. The molecule has 2 rings (SSSR count). The summed E-state index contributed by atoms with van der Waals surface area (Å²) in [5.41, 5.74) is 1.98. The van der Waals surface area contributed by atoms with E-state index in [4.69, 9.17) is 9.47 Å². The summed E-state index contributed by atoms with van der Waals surface area (Å²) in [5, 5.41) is 0. The molecule has 3 heteroatoms. The molecule has 0 unspecified atom stereocenters. The van der Waals surface area contributed by atoms with E-state index in [0.717, 1.165) is 22.8 Å². The summed E-state index contributed by atoms with van der Waals surface area (Å²) in [7, 11) is 3.28. The number of benzene rings is 1. The fourth-order valence-corrected chi connectivity index (χ4v) is 1.43. The predicted octanol–water partition coefficient (Wildman–Crippen LogP) is 2.77. The maximum Gasteiger partial charge on any atom is 0.137 e. The fraction of sp³-hybridized carbons (Fsp3) is 0.154. The van der Waals surface area contributed by atoms with E-state index in [9.17, 15) is 0 Å². The number of rotatable bonds is 3. The Morgan fingerprint density at radius 1 is 0.812 bits per heavy atom. The SMILES string of the molecule is COc1ccc(-c2ccc(OC)cn2)cc1. The normalized spacial score (nSPS) is 9.88. The van der Waals surface area contributed by atoms with Crippen molar-refractivity contribution in [3.8, 4) is 22.8 Å². The molecular weight excluding hydrogens is 202 g/mol. The third-order valence-corrected chi connectivity index (χ3v) is 2.36. The van der Waals surface area contributed by atoms with Gasteiger partial charge in [0.1, 0.15) is 11.5 Å². The van der Waals surface area contributed by atoms with Crippen molar-refractivity contribution >= 4 is 0 Å². The van der Waals surface area contributed by atoms with Crippen molar-refractivity contribution < 1.29 is 9.47 Å². The lowest BCUT2D eigenvalue weighted by molar-refractivity contribution is 0.413. The zero-order valence-electron chi connectivity index (χ0n) is 9.31. The number of hydrogen-bond acceptors (Lipinski definition) is 3. The lowest BCUT2D eigenvalue weighted by Gasteiger charge is -2.04. The molecule has 0 atom stereocenters. The van der Waals surface area contributed by atoms with E-state index >= 15 is 0 Å². The van der Waals surface area contributed by atoms with Gasteiger partial charge in [0.15, 0.2) is 0 Å². The first-order valence-electron chi connectivity index (χ1n) is 4.98. The Morgan fingerprint density at radius 3 is 1.94 bits per heavy atom. The molecule has 0 saturated heterocycles. The van der Waals surface area contributed by atoms with E-state index < -0.39 is 0 Å². The van der Waals surface area contributed by atoms with Gasteiger partial charge >= 0.3 is 0 Å². The molecule has 0 spiro atoms. The minimum absolute atomic E-state index is 0.761. The largest absolute Gasteiger partial charge is 0.497 e. The molecule has 0 saturated carbocycles. The first-order valence-corrected chi connectivity index (χ1v) is 4.98. The summed E-state index contributed by atoms with van der Waals surface area (Å²) in [6, 6.07) is 11.6. The molecule has 3 nitrogen and oxygen atoms in total. The van der Waals surface area contributed by atoms with Crippen LogP contribution >= 0.6 is 0 Å². The van der Waals surface area contributed by atoms with Crippen LogP contribution in [0.1, 0.15) is 0 Å². The third-order valence-electron chi connectivity index (χ3n) is 2.36. The standard InChI is InChI=1S/C13H13NO2/c1-15-11-5-3-10(4-6-11)13-8-7-12(16-2)9-14-13/h3-9H,1-2H3. The van der Waals surface area contributed by atoms with E-state index in [1.807, 2.05) is 36.4 Å². The zero-order chi connectivity index (χ0) is 11.4. The highest BCUT2D eigenvalue weighted by molar-refractivity contribution is 5.60. The number of ether oxygens (including phenoxy) is 2. The second-order valence-corrected chi connectivity index (χ2v) is 3.31. The van der Waals surface area contributed by atoms with Crippen LogP contribution in [0.15, 0.2) is 42.6 Å². The predicted molar refractivity (Wildman–Crippen MR) is 62.8 cm³/mol. The first kappa shape index (κ1) is 10.5. The third kappa shape index (κ3) is 2.14. The molecule has 0 aliphatic carbocycles. The maximum atomic E-state index is 5.10. The number of pyridine rings is 1. The number of hydrogen-bond donors (Lipinski definition) is 0. The Hall–Kier alpha value is -2.03. The number of aromatic nitrogens is 1. The first-order chi connectivity index (χ1) is 7.83. The second-order valence-electron chi connectivity index (χ2n) is 3.31. The molecule has 0 fully saturated rings. The van der Waals surface area contributed by atoms with Crippen molar-refractivity contribution in [2.75, 3.05) is 14.2 Å². The van der Waals surface area contributed by atoms with Crippen LogP contribution in [0.4, 0.5) is 0 Å². The summed E-state index contributed by atoms with van der Waals surface area (Å²) in [6.45, 7) is 0. The van der Waals surface area contributed by atoms with Crippen LogP contribution in [-0.2, 0) is 0 Å². The summed E-state index contributed by atoms with van der Waals surface area (Å²) in [6.07, 6.45) is 1.71. The minimum Gasteiger partial charge on any atom is -0.497 e. The van der Waals surface area contributed by atoms with Crippen LogP contribution in [-0.4, -0.2) is 19.2 Å². The maximum absolute atomic E-state index is 5.10. The Labute approximate surface area is 94.7 Å². The molecule has 0 bridgehead atoms. The molecule has 0 radical (unpaired) electrons. The van der Waals surface area contributed by atoms with Gasteiger partial charge in [-0.1, -0.05) is 0 Å². The van der Waals surface area contributed by atoms with E-state index in [0.29, 0.717) is 0 Å². The molecule has 16 heavy (non-hydrogen) atoms. The highest BCUT2D eigenvalue weighted by Gasteiger charge is 2.00. The van der Waals surface area contributed by atoms with E-state index in [-0.39, 0.29) is 0 Å². The molecule has 2 aromatic rings. The van der Waals surface area contributed by atoms with Crippen LogP contribution in [0, 0.1) is 0 Å². The van der Waals surface area contributed by atoms with Gasteiger partial charge in [-0.2, -0.15) is 0 Å². The van der Waals surface area contributed by atoms with Gasteiger partial charge in [0.25, 0.3) is 0 Å². The van der Waals surface area contributed by atoms with Crippen LogP contribution in [0.5, 0.6) is 11.5 Å². The average Bonchev–Trinajstić information content (AvgIpc) is 2.39. The van der Waals surface area contributed by atoms with E-state index in [1.54, 1.807) is 20.4 Å². The quantitative estimate of drug-likeness (QED) is 0.788. The van der Waals surface area contributed by atoms with E-state index in [2.05, 4.69) is 4.98 Å². The van der Waals surface area contributed by atoms with Crippen molar-refractivity contribution in [1.82, 2.24) is 4.98 Å². The molecule has 1 aromatic heterocycles. The topological polar surface area (TPSA) is 31.4 Å². The highest BCUT2D eigenvalue weighted by atomic mass is 16.5. The van der Waals surface area contributed by atoms with E-state index in [1.165, 1.54) is 0 Å². The van der Waals surface area contributed by atoms with Gasteiger partial charge in [-0.05, 0) is 36.4 Å². The molecule has 1 aromatic carbocycles. The Bertz CT molecular complexity index is 403. The van der Waals surface area contributed by atoms with Gasteiger partial charge in [-0.3, -0.25) is 4.98 Å². The van der Waals surface area contributed by atoms with Gasteiger partial charge in [0.2, 0.25) is 0 Å². The molecule has 0 N–H and O–H groups in total. The summed E-state index contributed by atoms with van der Waals surface area (Å²) >= 11 is 0. The van der Waals surface area contributed by atoms with Gasteiger partial charge in [-0.25, -0.2) is 0 Å². The van der Waals surface area contributed by atoms with Crippen molar-refractivity contribution in [2.24, 2.45) is 0 Å². The van der Waals surface area contributed by atoms with Crippen LogP contribution < -0.4 is 9.47 Å². The number of methoxy groups -OCH3 is 2. The Kier molecular flexibility index (Phi) is 3.05. The Balaban J connectivity index is 2.28. The molecule has 0 amide bonds. The highest BCUT2D eigenvalue weighted by Crippen LogP contribution is 2.21. The van der Waals surface area contributed by atoms with Gasteiger partial charge in [0.05, 0.1) is 26.1 Å². The lowest BCUT2D eigenvalue weighted by atomic mass is 10.1. The summed E-state index contributed by atoms with van der Waals surface area (Å²) in [5.74, 6) is 1.61. The summed E-state index contributed by atoms with van der Waals surface area (Å²) < 4.78 is 10.2. The molecular formula is C13H13NO2. The molecule has 0 aliphatic rings. The summed E-state index contributed by atoms with van der Waals surface area (Å²) in [4.78, 5) is 4.31. The van der Waals surface area contributed by atoms with Gasteiger partial charge in [-0.15, -0.1) is 0 Å². The monoisotopic (exact) mass is 215 g/mol. The van der Waals surface area contributed by atoms with Gasteiger partial charge in [0, 0.05) is 5.56 Å².